The predicted octanol–water partition coefficient (Wildman–Crippen LogP) is 2.17. The first-order valence-corrected chi connectivity index (χ1v) is 11.1. The fourth-order valence-electron chi connectivity index (χ4n) is 3.52. The Hall–Kier alpha value is -1.92. The number of aryl methyl sites for hydroxylation is 2. The molecule has 0 aliphatic carbocycles. The average Bonchev–Trinajstić information content (AvgIpc) is 2.92. The lowest BCUT2D eigenvalue weighted by molar-refractivity contribution is -0.205. The molecular weight excluding hydrogens is 454 g/mol. The number of hydrogen-bond donors (Lipinski definition) is 3. The lowest BCUT2D eigenvalue weighted by atomic mass is 10.1. The third-order valence-corrected chi connectivity index (χ3v) is 6.53. The highest BCUT2D eigenvalue weighted by atomic mass is 32.1. The Labute approximate surface area is 180 Å². The van der Waals surface area contributed by atoms with Gasteiger partial charge in [-0.05, 0) is 25.5 Å². The van der Waals surface area contributed by atoms with Gasteiger partial charge in [0, 0.05) is 11.8 Å². The highest BCUT2D eigenvalue weighted by Crippen LogP contribution is 2.56. The third kappa shape index (κ3) is 4.12. The first-order chi connectivity index (χ1) is 14.5. The molecule has 4 rings (SSSR count). The van der Waals surface area contributed by atoms with Crippen molar-refractivity contribution in [3.8, 4) is 5.75 Å². The van der Waals surface area contributed by atoms with Gasteiger partial charge in [-0.15, -0.1) is 0 Å². The summed E-state index contributed by atoms with van der Waals surface area (Å²) in [6.07, 6.45) is -4.33. The number of aromatic amines is 1. The second-order valence-corrected chi connectivity index (χ2v) is 9.44. The molecule has 0 radical (unpaired) electrons. The van der Waals surface area contributed by atoms with Crippen LogP contribution in [0, 0.1) is 18.5 Å². The number of aliphatic hydroxyl groups excluding tert-OH is 2. The van der Waals surface area contributed by atoms with Gasteiger partial charge < -0.3 is 19.5 Å². The number of fused-ring (bicyclic) bond motifs is 1. The molecule has 1 unspecified atom stereocenters. The molecule has 1 aromatic carbocycles. The van der Waals surface area contributed by atoms with Crippen LogP contribution in [0.3, 0.4) is 0 Å². The fraction of sp³-hybridized carbons (Fsp3) is 0.444. The van der Waals surface area contributed by atoms with Gasteiger partial charge in [-0.3, -0.25) is 18.6 Å². The standard InChI is InChI=1S/C18H20FN2O8PS/c1-9-5-10(2)14-11(6-9)7-26-30(25,29-14)27-8-18(19)15(23)13(22)16(28-18)21-4-3-12(31)20-17(21)24/h3-6,13,15-16,22-23H,7-8H2,1-2H3,(H,20,24,31)/t13-,15+,16-,18-,30?/m1/s1. The zero-order chi connectivity index (χ0) is 22.6. The zero-order valence-electron chi connectivity index (χ0n) is 16.5. The van der Waals surface area contributed by atoms with Crippen LogP contribution < -0.4 is 10.2 Å². The normalized spacial score (nSPS) is 32.5. The summed E-state index contributed by atoms with van der Waals surface area (Å²) in [5, 5.41) is 20.4. The van der Waals surface area contributed by atoms with Crippen LogP contribution in [0.5, 0.6) is 5.75 Å². The van der Waals surface area contributed by atoms with E-state index in [2.05, 4.69) is 4.98 Å². The number of aromatic nitrogens is 2. The number of hydrogen-bond acceptors (Lipinski definition) is 9. The number of aliphatic hydroxyl groups is 2. The predicted molar refractivity (Wildman–Crippen MR) is 107 cm³/mol. The van der Waals surface area contributed by atoms with Crippen molar-refractivity contribution in [3.63, 3.8) is 0 Å². The van der Waals surface area contributed by atoms with E-state index in [0.717, 1.165) is 10.1 Å². The molecule has 1 fully saturated rings. The van der Waals surface area contributed by atoms with Crippen molar-refractivity contribution in [3.05, 3.63) is 56.2 Å². The Balaban J connectivity index is 1.52. The van der Waals surface area contributed by atoms with Gasteiger partial charge in [0.1, 0.15) is 29.2 Å². The summed E-state index contributed by atoms with van der Waals surface area (Å²) in [7, 11) is -4.24. The molecule has 2 aliphatic rings. The molecule has 1 aromatic heterocycles. The van der Waals surface area contributed by atoms with Crippen molar-refractivity contribution in [2.24, 2.45) is 0 Å². The number of alkyl halides is 1. The van der Waals surface area contributed by atoms with Gasteiger partial charge in [-0.2, -0.15) is 0 Å². The highest BCUT2D eigenvalue weighted by molar-refractivity contribution is 7.71. The average molecular weight is 474 g/mol. The van der Waals surface area contributed by atoms with Crippen molar-refractivity contribution in [1.29, 1.82) is 0 Å². The van der Waals surface area contributed by atoms with E-state index in [1.807, 2.05) is 13.0 Å². The van der Waals surface area contributed by atoms with E-state index in [9.17, 15) is 19.6 Å². The topological polar surface area (TPSA) is 132 Å². The monoisotopic (exact) mass is 474 g/mol. The van der Waals surface area contributed by atoms with Gasteiger partial charge in [-0.1, -0.05) is 29.9 Å². The second-order valence-electron chi connectivity index (χ2n) is 7.40. The lowest BCUT2D eigenvalue weighted by Gasteiger charge is -2.29. The molecule has 2 aromatic rings. The summed E-state index contributed by atoms with van der Waals surface area (Å²) in [4.78, 5) is 14.3. The first-order valence-electron chi connectivity index (χ1n) is 9.24. The van der Waals surface area contributed by atoms with Crippen LogP contribution in [0.15, 0.2) is 29.2 Å². The van der Waals surface area contributed by atoms with E-state index in [1.165, 1.54) is 12.3 Å². The minimum absolute atomic E-state index is 0.0816. The minimum atomic E-state index is -4.24. The number of halogens is 1. The van der Waals surface area contributed by atoms with Crippen LogP contribution >= 0.6 is 20.0 Å². The van der Waals surface area contributed by atoms with E-state index < -0.39 is 44.4 Å². The Morgan fingerprint density at radius 3 is 2.87 bits per heavy atom. The number of H-pyrrole nitrogens is 1. The maximum atomic E-state index is 15.3. The Bertz CT molecular complexity index is 1190. The summed E-state index contributed by atoms with van der Waals surface area (Å²) >= 11 is 4.83. The molecular formula is C18H20FN2O8PS. The van der Waals surface area contributed by atoms with Crippen molar-refractivity contribution in [2.75, 3.05) is 6.61 Å². The molecule has 3 heterocycles. The van der Waals surface area contributed by atoms with Crippen LogP contribution in [0.4, 0.5) is 4.39 Å². The number of nitrogens with zero attached hydrogens (tertiary/aromatic N) is 1. The van der Waals surface area contributed by atoms with Crippen LogP contribution in [0.2, 0.25) is 0 Å². The highest BCUT2D eigenvalue weighted by Gasteiger charge is 2.57. The number of nitrogens with one attached hydrogen (secondary N) is 1. The third-order valence-electron chi connectivity index (χ3n) is 5.00. The quantitative estimate of drug-likeness (QED) is 0.451. The molecule has 31 heavy (non-hydrogen) atoms. The number of phosphoric ester groups is 1. The van der Waals surface area contributed by atoms with Gasteiger partial charge in [-0.25, -0.2) is 13.8 Å². The number of phosphoric acid groups is 1. The van der Waals surface area contributed by atoms with Gasteiger partial charge in [0.25, 0.3) is 5.85 Å². The summed E-state index contributed by atoms with van der Waals surface area (Å²) in [6, 6.07) is 4.95. The zero-order valence-corrected chi connectivity index (χ0v) is 18.2. The van der Waals surface area contributed by atoms with E-state index in [1.54, 1.807) is 13.0 Å². The van der Waals surface area contributed by atoms with Crippen molar-refractivity contribution in [2.45, 2.75) is 44.7 Å². The molecule has 5 atom stereocenters. The summed E-state index contributed by atoms with van der Waals surface area (Å²) in [5.41, 5.74) is 1.55. The molecule has 0 saturated carbocycles. The van der Waals surface area contributed by atoms with Crippen LogP contribution in [0.1, 0.15) is 22.9 Å². The first kappa shape index (κ1) is 22.3. The van der Waals surface area contributed by atoms with Gasteiger partial charge in [0.05, 0.1) is 6.61 Å². The molecule has 13 heteroatoms. The molecule has 0 bridgehead atoms. The van der Waals surface area contributed by atoms with E-state index in [-0.39, 0.29) is 11.2 Å². The number of ether oxygens (including phenoxy) is 1. The smallest absolute Gasteiger partial charge is 0.403 e. The summed E-state index contributed by atoms with van der Waals surface area (Å²) in [5.74, 6) is -2.69. The van der Waals surface area contributed by atoms with E-state index in [0.29, 0.717) is 16.9 Å². The van der Waals surface area contributed by atoms with Gasteiger partial charge in [0.2, 0.25) is 0 Å². The molecule has 10 nitrogen and oxygen atoms in total. The Morgan fingerprint density at radius 1 is 1.42 bits per heavy atom. The van der Waals surface area contributed by atoms with Crippen molar-refractivity contribution in [1.82, 2.24) is 9.55 Å². The minimum Gasteiger partial charge on any atom is -0.403 e. The SMILES string of the molecule is Cc1cc(C)c2c(c1)COP(=O)(OC[C@@]1(F)O[C@@H](n3ccc(=S)[nH]c3=O)[C@H](O)[C@@H]1O)O2. The molecule has 0 spiro atoms. The van der Waals surface area contributed by atoms with Crippen LogP contribution in [-0.2, 0) is 25.0 Å². The van der Waals surface area contributed by atoms with Crippen molar-refractivity contribution >= 4 is 20.0 Å². The fourth-order valence-corrected chi connectivity index (χ4v) is 4.96. The van der Waals surface area contributed by atoms with Crippen LogP contribution in [-0.4, -0.2) is 44.4 Å². The largest absolute Gasteiger partial charge is 0.530 e. The Kier molecular flexibility index (Phi) is 5.67. The van der Waals surface area contributed by atoms with E-state index in [4.69, 9.17) is 30.5 Å². The van der Waals surface area contributed by atoms with Crippen LogP contribution in [0.25, 0.3) is 0 Å². The molecule has 2 aliphatic heterocycles. The number of rotatable bonds is 4. The second kappa shape index (κ2) is 7.89. The van der Waals surface area contributed by atoms with Gasteiger partial charge in [0.15, 0.2) is 6.23 Å². The van der Waals surface area contributed by atoms with Crippen molar-refractivity contribution < 1.29 is 37.5 Å². The molecule has 3 N–H and O–H groups in total. The molecule has 168 valence electrons. The van der Waals surface area contributed by atoms with E-state index >= 15 is 4.39 Å². The maximum Gasteiger partial charge on any atom is 0.530 e. The Morgan fingerprint density at radius 2 is 2.16 bits per heavy atom. The number of benzene rings is 1. The molecule has 0 amide bonds. The summed E-state index contributed by atoms with van der Waals surface area (Å²) < 4.78 is 49.9. The lowest BCUT2D eigenvalue weighted by Crippen LogP contribution is -2.43. The molecule has 1 saturated heterocycles. The summed E-state index contributed by atoms with van der Waals surface area (Å²) in [6.45, 7) is 2.47. The van der Waals surface area contributed by atoms with Gasteiger partial charge >= 0.3 is 13.5 Å². The maximum absolute atomic E-state index is 15.3.